The second kappa shape index (κ2) is 3.97. The molecule has 70 valence electrons. The van der Waals surface area contributed by atoms with Crippen molar-refractivity contribution in [2.75, 3.05) is 7.05 Å². The maximum Gasteiger partial charge on any atom is 0.269 e. The van der Waals surface area contributed by atoms with Crippen LogP contribution in [0.15, 0.2) is 24.3 Å². The summed E-state index contributed by atoms with van der Waals surface area (Å²) in [6.45, 7) is 0.359. The van der Waals surface area contributed by atoms with E-state index in [1.165, 1.54) is 19.2 Å². The smallest absolute Gasteiger partial charge is 0.269 e. The molecule has 0 atom stereocenters. The SMILES string of the molecule is CN(O)Cc1ccc([N+](=O)[O-])cc1. The number of hydrogen-bond acceptors (Lipinski definition) is 4. The van der Waals surface area contributed by atoms with Crippen molar-refractivity contribution in [3.63, 3.8) is 0 Å². The van der Waals surface area contributed by atoms with Crippen molar-refractivity contribution in [3.05, 3.63) is 39.9 Å². The van der Waals surface area contributed by atoms with Crippen LogP contribution in [-0.2, 0) is 6.54 Å². The summed E-state index contributed by atoms with van der Waals surface area (Å²) in [4.78, 5) is 9.83. The van der Waals surface area contributed by atoms with Gasteiger partial charge in [-0.3, -0.25) is 10.1 Å². The number of hydrogen-bond donors (Lipinski definition) is 1. The average molecular weight is 182 g/mol. The zero-order chi connectivity index (χ0) is 9.84. The second-order valence-corrected chi connectivity index (χ2v) is 2.74. The Hall–Kier alpha value is -1.46. The largest absolute Gasteiger partial charge is 0.314 e. The summed E-state index contributed by atoms with van der Waals surface area (Å²) in [7, 11) is 1.52. The molecule has 0 radical (unpaired) electrons. The highest BCUT2D eigenvalue weighted by molar-refractivity contribution is 5.32. The number of rotatable bonds is 3. The van der Waals surface area contributed by atoms with E-state index in [4.69, 9.17) is 5.21 Å². The van der Waals surface area contributed by atoms with Crippen molar-refractivity contribution in [2.45, 2.75) is 6.54 Å². The van der Waals surface area contributed by atoms with Gasteiger partial charge in [-0.25, -0.2) is 0 Å². The van der Waals surface area contributed by atoms with Crippen molar-refractivity contribution in [3.8, 4) is 0 Å². The lowest BCUT2D eigenvalue weighted by molar-refractivity contribution is -0.384. The number of hydroxylamine groups is 2. The minimum absolute atomic E-state index is 0.0596. The molecule has 0 amide bonds. The normalized spacial score (nSPS) is 10.4. The molecule has 1 rings (SSSR count). The molecular formula is C8H10N2O3. The lowest BCUT2D eigenvalue weighted by Crippen LogP contribution is -2.11. The highest BCUT2D eigenvalue weighted by Gasteiger charge is 2.04. The zero-order valence-corrected chi connectivity index (χ0v) is 7.17. The molecule has 13 heavy (non-hydrogen) atoms. The van der Waals surface area contributed by atoms with Crippen molar-refractivity contribution < 1.29 is 10.1 Å². The Kier molecular flexibility index (Phi) is 2.94. The predicted octanol–water partition coefficient (Wildman–Crippen LogP) is 1.42. The molecule has 0 aliphatic rings. The van der Waals surface area contributed by atoms with E-state index < -0.39 is 4.92 Å². The summed E-state index contributed by atoms with van der Waals surface area (Å²) in [5, 5.41) is 20.2. The molecule has 0 heterocycles. The van der Waals surface area contributed by atoms with Crippen LogP contribution in [0, 0.1) is 10.1 Å². The van der Waals surface area contributed by atoms with Crippen molar-refractivity contribution in [1.29, 1.82) is 0 Å². The van der Waals surface area contributed by atoms with Crippen molar-refractivity contribution in [2.24, 2.45) is 0 Å². The summed E-state index contributed by atoms with van der Waals surface area (Å²) in [6.07, 6.45) is 0. The van der Waals surface area contributed by atoms with Gasteiger partial charge in [0.1, 0.15) is 0 Å². The van der Waals surface area contributed by atoms with Crippen LogP contribution < -0.4 is 0 Å². The first kappa shape index (κ1) is 9.63. The second-order valence-electron chi connectivity index (χ2n) is 2.74. The number of non-ortho nitro benzene ring substituents is 1. The molecule has 0 fully saturated rings. The van der Waals surface area contributed by atoms with Crippen LogP contribution in [-0.4, -0.2) is 22.2 Å². The van der Waals surface area contributed by atoms with Gasteiger partial charge in [0.15, 0.2) is 0 Å². The van der Waals surface area contributed by atoms with E-state index in [-0.39, 0.29) is 5.69 Å². The molecule has 0 aliphatic heterocycles. The van der Waals surface area contributed by atoms with E-state index >= 15 is 0 Å². The first-order valence-corrected chi connectivity index (χ1v) is 3.73. The fourth-order valence-electron chi connectivity index (χ4n) is 0.987. The molecule has 0 unspecified atom stereocenters. The van der Waals surface area contributed by atoms with Crippen molar-refractivity contribution >= 4 is 5.69 Å². The molecular weight excluding hydrogens is 172 g/mol. The fraction of sp³-hybridized carbons (Fsp3) is 0.250. The Balaban J connectivity index is 2.75. The van der Waals surface area contributed by atoms with Crippen LogP contribution in [0.1, 0.15) is 5.56 Å². The maximum absolute atomic E-state index is 10.3. The molecule has 0 bridgehead atoms. The minimum Gasteiger partial charge on any atom is -0.314 e. The molecule has 5 nitrogen and oxygen atoms in total. The van der Waals surface area contributed by atoms with Gasteiger partial charge in [0, 0.05) is 25.7 Å². The third kappa shape index (κ3) is 2.81. The molecule has 1 N–H and O–H groups in total. The third-order valence-corrected chi connectivity index (χ3v) is 1.56. The van der Waals surface area contributed by atoms with Gasteiger partial charge in [0.2, 0.25) is 0 Å². The van der Waals surface area contributed by atoms with E-state index in [2.05, 4.69) is 0 Å². The van der Waals surface area contributed by atoms with Gasteiger partial charge < -0.3 is 5.21 Å². The standard InChI is InChI=1S/C8H10N2O3/c1-9(11)6-7-2-4-8(5-3-7)10(12)13/h2-5,11H,6H2,1H3. The number of nitro benzene ring substituents is 1. The Morgan fingerprint density at radius 3 is 2.38 bits per heavy atom. The molecule has 0 saturated carbocycles. The molecule has 0 aromatic heterocycles. The third-order valence-electron chi connectivity index (χ3n) is 1.56. The van der Waals surface area contributed by atoms with Gasteiger partial charge in [0.05, 0.1) is 4.92 Å². The Bertz CT molecular complexity index is 295. The monoisotopic (exact) mass is 182 g/mol. The lowest BCUT2D eigenvalue weighted by Gasteiger charge is -2.06. The molecule has 1 aromatic rings. The van der Waals surface area contributed by atoms with Gasteiger partial charge in [-0.1, -0.05) is 12.1 Å². The molecule has 5 heteroatoms. The lowest BCUT2D eigenvalue weighted by atomic mass is 10.2. The van der Waals surface area contributed by atoms with Gasteiger partial charge in [0.25, 0.3) is 5.69 Å². The van der Waals surface area contributed by atoms with Gasteiger partial charge in [-0.2, -0.15) is 5.06 Å². The predicted molar refractivity (Wildman–Crippen MR) is 46.3 cm³/mol. The van der Waals surface area contributed by atoms with Crippen LogP contribution in [0.5, 0.6) is 0 Å². The van der Waals surface area contributed by atoms with Gasteiger partial charge in [-0.15, -0.1) is 0 Å². The Morgan fingerprint density at radius 2 is 2.00 bits per heavy atom. The van der Waals surface area contributed by atoms with E-state index in [1.54, 1.807) is 12.1 Å². The number of benzene rings is 1. The summed E-state index contributed by atoms with van der Waals surface area (Å²) < 4.78 is 0. The highest BCUT2D eigenvalue weighted by atomic mass is 16.6. The summed E-state index contributed by atoms with van der Waals surface area (Å²) >= 11 is 0. The molecule has 0 saturated heterocycles. The Morgan fingerprint density at radius 1 is 1.46 bits per heavy atom. The molecule has 0 spiro atoms. The van der Waals surface area contributed by atoms with Crippen LogP contribution in [0.25, 0.3) is 0 Å². The summed E-state index contributed by atoms with van der Waals surface area (Å²) in [5.74, 6) is 0. The molecule has 1 aromatic carbocycles. The first-order chi connectivity index (χ1) is 6.09. The van der Waals surface area contributed by atoms with Crippen LogP contribution >= 0.6 is 0 Å². The number of nitro groups is 1. The maximum atomic E-state index is 10.3. The first-order valence-electron chi connectivity index (χ1n) is 3.73. The van der Waals surface area contributed by atoms with E-state index in [1.807, 2.05) is 0 Å². The molecule has 0 aliphatic carbocycles. The minimum atomic E-state index is -0.452. The van der Waals surface area contributed by atoms with Crippen LogP contribution in [0.2, 0.25) is 0 Å². The van der Waals surface area contributed by atoms with E-state index in [0.717, 1.165) is 10.6 Å². The van der Waals surface area contributed by atoms with E-state index in [0.29, 0.717) is 6.54 Å². The number of nitrogens with zero attached hydrogens (tertiary/aromatic N) is 2. The van der Waals surface area contributed by atoms with Crippen LogP contribution in [0.4, 0.5) is 5.69 Å². The summed E-state index contributed by atoms with van der Waals surface area (Å²) in [5.41, 5.74) is 0.889. The topological polar surface area (TPSA) is 66.6 Å². The fourth-order valence-corrected chi connectivity index (χ4v) is 0.987. The summed E-state index contributed by atoms with van der Waals surface area (Å²) in [6, 6.07) is 6.06. The quantitative estimate of drug-likeness (QED) is 0.567. The van der Waals surface area contributed by atoms with Gasteiger partial charge >= 0.3 is 0 Å². The van der Waals surface area contributed by atoms with Crippen molar-refractivity contribution in [1.82, 2.24) is 5.06 Å². The zero-order valence-electron chi connectivity index (χ0n) is 7.17. The van der Waals surface area contributed by atoms with Crippen LogP contribution in [0.3, 0.4) is 0 Å². The Labute approximate surface area is 75.3 Å². The van der Waals surface area contributed by atoms with Gasteiger partial charge in [-0.05, 0) is 5.56 Å². The van der Waals surface area contributed by atoms with E-state index in [9.17, 15) is 10.1 Å². The highest BCUT2D eigenvalue weighted by Crippen LogP contribution is 2.12. The average Bonchev–Trinajstić information content (AvgIpc) is 2.04.